The van der Waals surface area contributed by atoms with Crippen molar-refractivity contribution in [3.05, 3.63) is 137 Å². The second-order valence-corrected chi connectivity index (χ2v) is 14.5. The van der Waals surface area contributed by atoms with Gasteiger partial charge < -0.3 is 14.3 Å². The van der Waals surface area contributed by atoms with Crippen molar-refractivity contribution in [2.75, 3.05) is 0 Å². The summed E-state index contributed by atoms with van der Waals surface area (Å²) in [4.78, 5) is 10.1. The Balaban J connectivity index is 0.00000364. The number of hydrogen-bond acceptors (Lipinski definition) is 3. The third-order valence-corrected chi connectivity index (χ3v) is 10.3. The molecule has 6 aromatic rings. The fourth-order valence-corrected chi connectivity index (χ4v) is 7.40. The summed E-state index contributed by atoms with van der Waals surface area (Å²) in [5, 5.41) is 2.32. The predicted octanol–water partition coefficient (Wildman–Crippen LogP) is 10.2. The number of aryl methyl sites for hydroxylation is 2. The van der Waals surface area contributed by atoms with Gasteiger partial charge >= 0.3 is 21.1 Å². The van der Waals surface area contributed by atoms with Crippen LogP contribution in [-0.2, 0) is 36.8 Å². The van der Waals surface area contributed by atoms with Crippen molar-refractivity contribution in [3.63, 3.8) is 0 Å². The standard InChI is InChI=1S/C43H39N3O.Pt/c1-27-23-28(2)38(26-34(27)40-45-42(6)21-12-14-29-13-8-10-16-35(29)43(42,7)47-40)46-37-17-11-9-15-32(37)33-19-18-30(24-39(33)46)36-25-31(20-22-44-36)41(3,4)5;/h8-20,22-23,25H,21H2,1-7H3;/q-2;+2/t42-,43+;/m1./s1. The SMILES string of the molecule is Cc1cc(C)c(-n2c3[c-]c(-c4cc(C(C)(C)C)ccn4)ccc3c3ccccc32)[c-]c1C1=N[C@]2(C)CC=Cc3ccccc3[C@]2(C)O1.[Pt+2]. The average molecular weight is 809 g/mol. The van der Waals surface area contributed by atoms with Crippen LogP contribution in [0.25, 0.3) is 44.8 Å². The molecule has 5 heteroatoms. The molecule has 4 nitrogen and oxygen atoms in total. The van der Waals surface area contributed by atoms with E-state index in [1.165, 1.54) is 16.5 Å². The molecule has 0 spiro atoms. The molecule has 3 heterocycles. The largest absolute Gasteiger partial charge is 2.00 e. The molecule has 1 aliphatic carbocycles. The minimum atomic E-state index is -0.613. The van der Waals surface area contributed by atoms with Crippen LogP contribution in [0.15, 0.2) is 96.1 Å². The summed E-state index contributed by atoms with van der Waals surface area (Å²) in [7, 11) is 0. The van der Waals surface area contributed by atoms with E-state index in [4.69, 9.17) is 14.7 Å². The number of ether oxygens (including phenoxy) is 1. The molecule has 1 aliphatic heterocycles. The Morgan fingerprint density at radius 1 is 0.854 bits per heavy atom. The molecule has 2 atom stereocenters. The molecule has 2 aromatic heterocycles. The second-order valence-electron chi connectivity index (χ2n) is 14.5. The molecule has 0 fully saturated rings. The Labute approximate surface area is 297 Å². The van der Waals surface area contributed by atoms with Gasteiger partial charge in [0.2, 0.25) is 0 Å². The number of rotatable bonds is 3. The summed E-state index contributed by atoms with van der Waals surface area (Å²) in [6.07, 6.45) is 7.12. The number of aromatic nitrogens is 2. The van der Waals surface area contributed by atoms with Crippen LogP contribution < -0.4 is 0 Å². The van der Waals surface area contributed by atoms with Gasteiger partial charge in [-0.15, -0.1) is 47.0 Å². The first-order chi connectivity index (χ1) is 22.5. The van der Waals surface area contributed by atoms with E-state index in [-0.39, 0.29) is 26.5 Å². The molecular formula is C43H39N3OPt. The van der Waals surface area contributed by atoms with Crippen molar-refractivity contribution >= 4 is 33.8 Å². The second kappa shape index (κ2) is 11.4. The number of pyridine rings is 1. The minimum absolute atomic E-state index is 0. The van der Waals surface area contributed by atoms with E-state index in [0.29, 0.717) is 5.90 Å². The molecule has 4 aromatic carbocycles. The average Bonchev–Trinajstić information content (AvgIpc) is 3.48. The van der Waals surface area contributed by atoms with Gasteiger partial charge in [-0.1, -0.05) is 106 Å². The fourth-order valence-electron chi connectivity index (χ4n) is 7.40. The van der Waals surface area contributed by atoms with Gasteiger partial charge in [-0.25, -0.2) is 0 Å². The van der Waals surface area contributed by atoms with E-state index in [2.05, 4.69) is 156 Å². The van der Waals surface area contributed by atoms with Crippen molar-refractivity contribution in [1.82, 2.24) is 9.55 Å². The van der Waals surface area contributed by atoms with Gasteiger partial charge in [-0.2, -0.15) is 0 Å². The first kappa shape index (κ1) is 32.3. The molecule has 0 N–H and O–H groups in total. The normalized spacial score (nSPS) is 20.1. The van der Waals surface area contributed by atoms with Crippen molar-refractivity contribution in [2.45, 2.75) is 71.4 Å². The van der Waals surface area contributed by atoms with E-state index in [1.807, 2.05) is 6.20 Å². The number of nitrogens with zero attached hydrogens (tertiary/aromatic N) is 3. The van der Waals surface area contributed by atoms with Crippen LogP contribution in [0.5, 0.6) is 0 Å². The summed E-state index contributed by atoms with van der Waals surface area (Å²) in [6.45, 7) is 15.4. The van der Waals surface area contributed by atoms with Gasteiger partial charge in [0.25, 0.3) is 0 Å². The zero-order chi connectivity index (χ0) is 32.7. The van der Waals surface area contributed by atoms with Crippen LogP contribution in [0.2, 0.25) is 0 Å². The van der Waals surface area contributed by atoms with Gasteiger partial charge in [0.15, 0.2) is 0 Å². The van der Waals surface area contributed by atoms with E-state index in [9.17, 15) is 0 Å². The molecule has 2 aliphatic rings. The Bertz CT molecular complexity index is 2310. The van der Waals surface area contributed by atoms with Gasteiger partial charge in [0.1, 0.15) is 11.5 Å². The number of para-hydroxylation sites is 1. The molecule has 0 bridgehead atoms. The molecule has 0 radical (unpaired) electrons. The quantitative estimate of drug-likeness (QED) is 0.167. The number of aliphatic imine (C=N–C) groups is 1. The monoisotopic (exact) mass is 808 g/mol. The Morgan fingerprint density at radius 2 is 1.62 bits per heavy atom. The first-order valence-electron chi connectivity index (χ1n) is 16.5. The molecule has 0 saturated heterocycles. The van der Waals surface area contributed by atoms with Crippen LogP contribution in [0, 0.1) is 26.0 Å². The third kappa shape index (κ3) is 4.91. The van der Waals surface area contributed by atoms with E-state index in [1.54, 1.807) is 0 Å². The van der Waals surface area contributed by atoms with Gasteiger partial charge in [-0.05, 0) is 71.2 Å². The molecule has 0 amide bonds. The van der Waals surface area contributed by atoms with Gasteiger partial charge in [-0.3, -0.25) is 4.99 Å². The fraction of sp³-hybridized carbons (Fsp3) is 0.256. The van der Waals surface area contributed by atoms with E-state index < -0.39 is 11.1 Å². The van der Waals surface area contributed by atoms with Gasteiger partial charge in [0, 0.05) is 17.3 Å². The number of hydrogen-bond donors (Lipinski definition) is 0. The Morgan fingerprint density at radius 3 is 2.44 bits per heavy atom. The summed E-state index contributed by atoms with van der Waals surface area (Å²) < 4.78 is 9.29. The van der Waals surface area contributed by atoms with Crippen molar-refractivity contribution < 1.29 is 25.8 Å². The van der Waals surface area contributed by atoms with Crippen LogP contribution in [-0.4, -0.2) is 21.0 Å². The number of fused-ring (bicyclic) bond motifs is 6. The van der Waals surface area contributed by atoms with E-state index in [0.717, 1.165) is 62.0 Å². The minimum Gasteiger partial charge on any atom is -0.508 e. The summed E-state index contributed by atoms with van der Waals surface area (Å²) in [5.41, 5.74) is 10.6. The van der Waals surface area contributed by atoms with E-state index >= 15 is 0 Å². The molecular weight excluding hydrogens is 770 g/mol. The third-order valence-electron chi connectivity index (χ3n) is 10.3. The van der Waals surface area contributed by atoms with Crippen LogP contribution in [0.3, 0.4) is 0 Å². The molecule has 242 valence electrons. The first-order valence-corrected chi connectivity index (χ1v) is 16.5. The molecule has 0 unspecified atom stereocenters. The van der Waals surface area contributed by atoms with Crippen LogP contribution in [0.1, 0.15) is 74.4 Å². The Kier molecular flexibility index (Phi) is 7.68. The number of benzene rings is 4. The van der Waals surface area contributed by atoms with Gasteiger partial charge in [0.05, 0.1) is 5.54 Å². The van der Waals surface area contributed by atoms with Crippen molar-refractivity contribution in [3.8, 4) is 16.9 Å². The summed E-state index contributed by atoms with van der Waals surface area (Å²) >= 11 is 0. The maximum Gasteiger partial charge on any atom is 2.00 e. The Hall–Kier alpha value is -4.27. The molecule has 8 rings (SSSR count). The van der Waals surface area contributed by atoms with Crippen LogP contribution in [0.4, 0.5) is 0 Å². The van der Waals surface area contributed by atoms with Crippen molar-refractivity contribution in [2.24, 2.45) is 4.99 Å². The topological polar surface area (TPSA) is 39.4 Å². The summed E-state index contributed by atoms with van der Waals surface area (Å²) in [6, 6.07) is 35.6. The molecule has 0 saturated carbocycles. The van der Waals surface area contributed by atoms with Crippen LogP contribution >= 0.6 is 0 Å². The zero-order valence-electron chi connectivity index (χ0n) is 28.5. The zero-order valence-corrected chi connectivity index (χ0v) is 30.8. The predicted molar refractivity (Wildman–Crippen MR) is 193 cm³/mol. The smallest absolute Gasteiger partial charge is 0.508 e. The maximum atomic E-state index is 6.99. The summed E-state index contributed by atoms with van der Waals surface area (Å²) in [5.74, 6) is 0.646. The molecule has 48 heavy (non-hydrogen) atoms. The van der Waals surface area contributed by atoms with Crippen molar-refractivity contribution in [1.29, 1.82) is 0 Å². The maximum absolute atomic E-state index is 6.99.